The van der Waals surface area contributed by atoms with E-state index in [4.69, 9.17) is 10.7 Å². The third-order valence-electron chi connectivity index (χ3n) is 5.90. The van der Waals surface area contributed by atoms with E-state index in [0.29, 0.717) is 16.5 Å². The number of unbranched alkanes of at least 4 members (excludes halogenated alkanes) is 1. The van der Waals surface area contributed by atoms with Gasteiger partial charge in [-0.15, -0.1) is 11.3 Å². The molecular formula is C24H29N3OS. The van der Waals surface area contributed by atoms with Gasteiger partial charge in [0.15, 0.2) is 0 Å². The zero-order valence-electron chi connectivity index (χ0n) is 17.1. The molecule has 4 nitrogen and oxygen atoms in total. The summed E-state index contributed by atoms with van der Waals surface area (Å²) in [6.45, 7) is 3.79. The summed E-state index contributed by atoms with van der Waals surface area (Å²) in [5.41, 5.74) is 9.41. The van der Waals surface area contributed by atoms with Crippen molar-refractivity contribution < 1.29 is 4.79 Å². The predicted octanol–water partition coefficient (Wildman–Crippen LogP) is 5.32. The third kappa shape index (κ3) is 4.45. The number of benzene rings is 1. The minimum absolute atomic E-state index is 0.0683. The molecule has 4 rings (SSSR count). The Kier molecular flexibility index (Phi) is 6.14. The van der Waals surface area contributed by atoms with Gasteiger partial charge in [0.1, 0.15) is 9.71 Å². The maximum atomic E-state index is 13.1. The number of hydrogen-bond acceptors (Lipinski definition) is 4. The molecule has 29 heavy (non-hydrogen) atoms. The van der Waals surface area contributed by atoms with Crippen LogP contribution in [0.3, 0.4) is 0 Å². The molecule has 0 radical (unpaired) electrons. The second-order valence-electron chi connectivity index (χ2n) is 8.03. The summed E-state index contributed by atoms with van der Waals surface area (Å²) in [7, 11) is 0. The number of anilines is 1. The van der Waals surface area contributed by atoms with E-state index in [1.54, 1.807) is 0 Å². The van der Waals surface area contributed by atoms with Crippen LogP contribution in [0.4, 0.5) is 5.69 Å². The molecule has 3 heterocycles. The lowest BCUT2D eigenvalue weighted by molar-refractivity contribution is 0.0696. The molecular weight excluding hydrogens is 378 g/mol. The number of rotatable bonds is 6. The van der Waals surface area contributed by atoms with Gasteiger partial charge in [0.05, 0.1) is 5.69 Å². The lowest BCUT2D eigenvalue weighted by Gasteiger charge is -2.32. The molecule has 2 aromatic heterocycles. The van der Waals surface area contributed by atoms with Crippen molar-refractivity contribution in [2.75, 3.05) is 18.8 Å². The number of aromatic nitrogens is 1. The van der Waals surface area contributed by atoms with E-state index < -0.39 is 0 Å². The molecule has 1 amide bonds. The van der Waals surface area contributed by atoms with E-state index in [0.717, 1.165) is 67.5 Å². The van der Waals surface area contributed by atoms with Crippen LogP contribution in [0.1, 0.15) is 53.5 Å². The predicted molar refractivity (Wildman–Crippen MR) is 121 cm³/mol. The highest BCUT2D eigenvalue weighted by Gasteiger charge is 2.27. The number of nitrogen functional groups attached to an aromatic ring is 1. The highest BCUT2D eigenvalue weighted by atomic mass is 32.1. The van der Waals surface area contributed by atoms with Crippen molar-refractivity contribution in [2.24, 2.45) is 5.92 Å². The van der Waals surface area contributed by atoms with Gasteiger partial charge in [0.2, 0.25) is 0 Å². The number of carbonyl (C=O) groups excluding carboxylic acids is 1. The average Bonchev–Trinajstić information content (AvgIpc) is 3.09. The number of carbonyl (C=O) groups is 1. The SMILES string of the molecule is CCCCc1ccc2c(N)c(C(=O)N3CCC(Cc4ccccc4)CC3)sc2n1. The van der Waals surface area contributed by atoms with E-state index in [1.165, 1.54) is 16.9 Å². The number of amides is 1. The van der Waals surface area contributed by atoms with Crippen LogP contribution in [0.2, 0.25) is 0 Å². The zero-order chi connectivity index (χ0) is 20.2. The minimum Gasteiger partial charge on any atom is -0.397 e. The molecule has 0 aliphatic carbocycles. The van der Waals surface area contributed by atoms with E-state index in [2.05, 4.69) is 37.3 Å². The standard InChI is InChI=1S/C24H29N3OS/c1-2-3-9-19-10-11-20-21(25)22(29-23(20)26-19)24(28)27-14-12-18(13-15-27)16-17-7-5-4-6-8-17/h4-8,10-11,18H,2-3,9,12-16,25H2,1H3. The molecule has 1 saturated heterocycles. The Labute approximate surface area is 176 Å². The number of fused-ring (bicyclic) bond motifs is 1. The van der Waals surface area contributed by atoms with Crippen molar-refractivity contribution in [1.82, 2.24) is 9.88 Å². The van der Waals surface area contributed by atoms with Crippen LogP contribution in [0.25, 0.3) is 10.2 Å². The Morgan fingerprint density at radius 2 is 1.93 bits per heavy atom. The summed E-state index contributed by atoms with van der Waals surface area (Å²) in [4.78, 5) is 21.4. The summed E-state index contributed by atoms with van der Waals surface area (Å²) in [6, 6.07) is 14.7. The molecule has 0 saturated carbocycles. The molecule has 0 spiro atoms. The quantitative estimate of drug-likeness (QED) is 0.602. The Morgan fingerprint density at radius 3 is 2.66 bits per heavy atom. The van der Waals surface area contributed by atoms with Crippen molar-refractivity contribution in [3.63, 3.8) is 0 Å². The van der Waals surface area contributed by atoms with Gasteiger partial charge < -0.3 is 10.6 Å². The average molecular weight is 408 g/mol. The van der Waals surface area contributed by atoms with E-state index in [9.17, 15) is 4.79 Å². The second-order valence-corrected chi connectivity index (χ2v) is 9.03. The fourth-order valence-corrected chi connectivity index (χ4v) is 5.20. The van der Waals surface area contributed by atoms with Gasteiger partial charge in [-0.05, 0) is 55.7 Å². The molecule has 3 aromatic rings. The second kappa shape index (κ2) is 8.95. The molecule has 1 fully saturated rings. The van der Waals surface area contributed by atoms with Gasteiger partial charge in [0.25, 0.3) is 5.91 Å². The van der Waals surface area contributed by atoms with Crippen LogP contribution in [0.15, 0.2) is 42.5 Å². The summed E-state index contributed by atoms with van der Waals surface area (Å²) in [5.74, 6) is 0.711. The first kappa shape index (κ1) is 19.9. The van der Waals surface area contributed by atoms with E-state index >= 15 is 0 Å². The fourth-order valence-electron chi connectivity index (χ4n) is 4.12. The van der Waals surface area contributed by atoms with Crippen LogP contribution in [0, 0.1) is 5.92 Å². The van der Waals surface area contributed by atoms with E-state index in [-0.39, 0.29) is 5.91 Å². The summed E-state index contributed by atoms with van der Waals surface area (Å²) < 4.78 is 0. The van der Waals surface area contributed by atoms with Crippen molar-refractivity contribution in [2.45, 2.75) is 45.4 Å². The van der Waals surface area contributed by atoms with Crippen LogP contribution < -0.4 is 5.73 Å². The monoisotopic (exact) mass is 407 g/mol. The normalized spacial score (nSPS) is 15.1. The Bertz CT molecular complexity index is 974. The molecule has 152 valence electrons. The first-order valence-electron chi connectivity index (χ1n) is 10.7. The third-order valence-corrected chi connectivity index (χ3v) is 7.00. The highest BCUT2D eigenvalue weighted by Crippen LogP contribution is 2.34. The Morgan fingerprint density at radius 1 is 1.17 bits per heavy atom. The number of nitrogens with zero attached hydrogens (tertiary/aromatic N) is 2. The van der Waals surface area contributed by atoms with Crippen molar-refractivity contribution in [3.05, 3.63) is 58.6 Å². The Hall–Kier alpha value is -2.40. The molecule has 0 atom stereocenters. The first-order chi connectivity index (χ1) is 14.2. The fraction of sp³-hybridized carbons (Fsp3) is 0.417. The van der Waals surface area contributed by atoms with Crippen LogP contribution in [0.5, 0.6) is 0 Å². The summed E-state index contributed by atoms with van der Waals surface area (Å²) in [6.07, 6.45) is 6.44. The van der Waals surface area contributed by atoms with Gasteiger partial charge in [-0.3, -0.25) is 4.79 Å². The largest absolute Gasteiger partial charge is 0.397 e. The summed E-state index contributed by atoms with van der Waals surface area (Å²) in [5, 5.41) is 0.914. The lowest BCUT2D eigenvalue weighted by Crippen LogP contribution is -2.38. The van der Waals surface area contributed by atoms with Crippen molar-refractivity contribution >= 4 is 33.1 Å². The van der Waals surface area contributed by atoms with Gasteiger partial charge >= 0.3 is 0 Å². The first-order valence-corrected chi connectivity index (χ1v) is 11.5. The Balaban J connectivity index is 1.43. The molecule has 1 aromatic carbocycles. The number of hydrogen-bond donors (Lipinski definition) is 1. The van der Waals surface area contributed by atoms with Gasteiger partial charge in [-0.25, -0.2) is 4.98 Å². The van der Waals surface area contributed by atoms with Crippen LogP contribution in [-0.4, -0.2) is 28.9 Å². The lowest BCUT2D eigenvalue weighted by atomic mass is 9.90. The van der Waals surface area contributed by atoms with Crippen LogP contribution >= 0.6 is 11.3 Å². The van der Waals surface area contributed by atoms with Gasteiger partial charge in [0, 0.05) is 24.2 Å². The number of pyridine rings is 1. The zero-order valence-corrected chi connectivity index (χ0v) is 17.9. The smallest absolute Gasteiger partial charge is 0.266 e. The highest BCUT2D eigenvalue weighted by molar-refractivity contribution is 7.21. The maximum Gasteiger partial charge on any atom is 0.266 e. The number of likely N-dealkylation sites (tertiary alicyclic amines) is 1. The van der Waals surface area contributed by atoms with Crippen molar-refractivity contribution in [3.8, 4) is 0 Å². The minimum atomic E-state index is 0.0683. The number of piperidine rings is 1. The van der Waals surface area contributed by atoms with Gasteiger partial charge in [-0.1, -0.05) is 43.7 Å². The number of aryl methyl sites for hydroxylation is 1. The maximum absolute atomic E-state index is 13.1. The molecule has 0 bridgehead atoms. The topological polar surface area (TPSA) is 59.2 Å². The molecule has 0 unspecified atom stereocenters. The number of nitrogens with two attached hydrogens (primary N) is 1. The van der Waals surface area contributed by atoms with Crippen molar-refractivity contribution in [1.29, 1.82) is 0 Å². The molecule has 1 aliphatic heterocycles. The molecule has 2 N–H and O–H groups in total. The van der Waals surface area contributed by atoms with Crippen LogP contribution in [-0.2, 0) is 12.8 Å². The number of thiophene rings is 1. The van der Waals surface area contributed by atoms with E-state index in [1.807, 2.05) is 17.0 Å². The molecule has 1 aliphatic rings. The van der Waals surface area contributed by atoms with Gasteiger partial charge in [-0.2, -0.15) is 0 Å². The summed E-state index contributed by atoms with van der Waals surface area (Å²) >= 11 is 1.45. The molecule has 5 heteroatoms.